The number of anilines is 2. The van der Waals surface area contributed by atoms with Crippen molar-refractivity contribution >= 4 is 11.4 Å². The van der Waals surface area contributed by atoms with E-state index in [-0.39, 0.29) is 6.04 Å². The molecule has 0 radical (unpaired) electrons. The van der Waals surface area contributed by atoms with Gasteiger partial charge in [0.2, 0.25) is 0 Å². The Morgan fingerprint density at radius 1 is 1.26 bits per heavy atom. The van der Waals surface area contributed by atoms with Gasteiger partial charge in [0.15, 0.2) is 11.5 Å². The maximum absolute atomic E-state index is 5.98. The van der Waals surface area contributed by atoms with Gasteiger partial charge in [0.05, 0.1) is 31.6 Å². The minimum absolute atomic E-state index is 0.0529. The van der Waals surface area contributed by atoms with E-state index in [1.165, 1.54) is 6.33 Å². The molecule has 0 aliphatic carbocycles. The molecule has 0 saturated carbocycles. The summed E-state index contributed by atoms with van der Waals surface area (Å²) in [6, 6.07) is 3.46. The molecular formula is C12H17N5O2. The van der Waals surface area contributed by atoms with Crippen LogP contribution in [0.5, 0.6) is 11.5 Å². The van der Waals surface area contributed by atoms with Crippen LogP contribution in [0, 0.1) is 0 Å². The molecule has 0 spiro atoms. The van der Waals surface area contributed by atoms with Crippen LogP contribution < -0.4 is 20.5 Å². The van der Waals surface area contributed by atoms with Crippen molar-refractivity contribution in [1.82, 2.24) is 15.2 Å². The number of benzene rings is 1. The monoisotopic (exact) mass is 263 g/mol. The van der Waals surface area contributed by atoms with E-state index in [0.29, 0.717) is 17.2 Å². The minimum atomic E-state index is -0.0529. The van der Waals surface area contributed by atoms with E-state index in [9.17, 15) is 0 Å². The number of nitrogens with two attached hydrogens (primary N) is 1. The van der Waals surface area contributed by atoms with Gasteiger partial charge in [-0.2, -0.15) is 5.10 Å². The van der Waals surface area contributed by atoms with Gasteiger partial charge in [0, 0.05) is 12.1 Å². The molecule has 4 N–H and O–H groups in total. The third kappa shape index (κ3) is 2.70. The summed E-state index contributed by atoms with van der Waals surface area (Å²) < 4.78 is 10.4. The minimum Gasteiger partial charge on any atom is -0.493 e. The van der Waals surface area contributed by atoms with Crippen LogP contribution in [-0.4, -0.2) is 29.4 Å². The van der Waals surface area contributed by atoms with E-state index in [1.807, 2.05) is 6.92 Å². The standard InChI is InChI=1S/C12H17N5O2/c1-7(12-14-6-15-17-12)16-9-5-11(19-3)10(18-2)4-8(9)13/h4-7,16H,13H2,1-3H3,(H,14,15,17). The average molecular weight is 263 g/mol. The van der Waals surface area contributed by atoms with Crippen LogP contribution in [0.1, 0.15) is 18.8 Å². The van der Waals surface area contributed by atoms with Gasteiger partial charge in [-0.1, -0.05) is 0 Å². The van der Waals surface area contributed by atoms with Crippen LogP contribution >= 0.6 is 0 Å². The molecule has 0 bridgehead atoms. The Labute approximate surface area is 111 Å². The van der Waals surface area contributed by atoms with Gasteiger partial charge in [0.1, 0.15) is 12.2 Å². The number of nitrogens with one attached hydrogen (secondary N) is 2. The number of H-pyrrole nitrogens is 1. The van der Waals surface area contributed by atoms with Gasteiger partial charge in [-0.15, -0.1) is 0 Å². The first-order valence-electron chi connectivity index (χ1n) is 5.79. The summed E-state index contributed by atoms with van der Waals surface area (Å²) in [5.41, 5.74) is 7.30. The Morgan fingerprint density at radius 2 is 1.95 bits per heavy atom. The van der Waals surface area contributed by atoms with E-state index in [4.69, 9.17) is 15.2 Å². The van der Waals surface area contributed by atoms with Crippen molar-refractivity contribution in [3.8, 4) is 11.5 Å². The first-order valence-corrected chi connectivity index (χ1v) is 5.79. The summed E-state index contributed by atoms with van der Waals surface area (Å²) >= 11 is 0. The lowest BCUT2D eigenvalue weighted by Crippen LogP contribution is -2.10. The molecule has 2 aromatic rings. The fraction of sp³-hybridized carbons (Fsp3) is 0.333. The SMILES string of the molecule is COc1cc(N)c(NC(C)c2ncn[nH]2)cc1OC. The molecule has 102 valence electrons. The van der Waals surface area contributed by atoms with E-state index >= 15 is 0 Å². The molecule has 7 heteroatoms. The second-order valence-electron chi connectivity index (χ2n) is 4.03. The van der Waals surface area contributed by atoms with Crippen LogP contribution in [0.25, 0.3) is 0 Å². The molecule has 7 nitrogen and oxygen atoms in total. The van der Waals surface area contributed by atoms with Crippen LogP contribution in [0.15, 0.2) is 18.5 Å². The Hall–Kier alpha value is -2.44. The smallest absolute Gasteiger partial charge is 0.162 e. The summed E-state index contributed by atoms with van der Waals surface area (Å²) in [5.74, 6) is 1.94. The highest BCUT2D eigenvalue weighted by molar-refractivity contribution is 5.72. The zero-order valence-electron chi connectivity index (χ0n) is 11.1. The molecule has 0 fully saturated rings. The number of nitrogen functional groups attached to an aromatic ring is 1. The summed E-state index contributed by atoms with van der Waals surface area (Å²) in [6.07, 6.45) is 1.46. The van der Waals surface area contributed by atoms with Crippen molar-refractivity contribution in [3.63, 3.8) is 0 Å². The molecule has 1 aromatic heterocycles. The number of nitrogens with zero attached hydrogens (tertiary/aromatic N) is 2. The molecule has 1 unspecified atom stereocenters. The van der Waals surface area contributed by atoms with Crippen LogP contribution in [0.2, 0.25) is 0 Å². The van der Waals surface area contributed by atoms with E-state index in [2.05, 4.69) is 20.5 Å². The number of rotatable bonds is 5. The Morgan fingerprint density at radius 3 is 2.53 bits per heavy atom. The fourth-order valence-corrected chi connectivity index (χ4v) is 1.74. The zero-order chi connectivity index (χ0) is 13.8. The number of ether oxygens (including phenoxy) is 2. The van der Waals surface area contributed by atoms with Gasteiger partial charge in [-0.3, -0.25) is 5.10 Å². The molecule has 19 heavy (non-hydrogen) atoms. The Bertz CT molecular complexity index is 541. The summed E-state index contributed by atoms with van der Waals surface area (Å²) in [4.78, 5) is 4.09. The van der Waals surface area contributed by atoms with E-state index < -0.39 is 0 Å². The van der Waals surface area contributed by atoms with Gasteiger partial charge in [-0.25, -0.2) is 4.98 Å². The van der Waals surface area contributed by atoms with Gasteiger partial charge in [-0.05, 0) is 6.92 Å². The molecule has 0 saturated heterocycles. The molecule has 0 aliphatic rings. The van der Waals surface area contributed by atoms with Gasteiger partial charge in [0.25, 0.3) is 0 Å². The van der Waals surface area contributed by atoms with Crippen LogP contribution in [-0.2, 0) is 0 Å². The van der Waals surface area contributed by atoms with Crippen molar-refractivity contribution in [3.05, 3.63) is 24.3 Å². The number of aromatic nitrogens is 3. The number of methoxy groups -OCH3 is 2. The fourth-order valence-electron chi connectivity index (χ4n) is 1.74. The van der Waals surface area contributed by atoms with Crippen molar-refractivity contribution < 1.29 is 9.47 Å². The summed E-state index contributed by atoms with van der Waals surface area (Å²) in [6.45, 7) is 1.96. The topological polar surface area (TPSA) is 98.1 Å². The predicted molar refractivity (Wildman–Crippen MR) is 72.4 cm³/mol. The largest absolute Gasteiger partial charge is 0.493 e. The van der Waals surface area contributed by atoms with Crippen molar-refractivity contribution in [1.29, 1.82) is 0 Å². The number of hydrogen-bond acceptors (Lipinski definition) is 6. The molecule has 0 amide bonds. The zero-order valence-corrected chi connectivity index (χ0v) is 11.1. The van der Waals surface area contributed by atoms with E-state index in [0.717, 1.165) is 11.5 Å². The first kappa shape index (κ1) is 13.0. The second-order valence-corrected chi connectivity index (χ2v) is 4.03. The summed E-state index contributed by atoms with van der Waals surface area (Å²) in [7, 11) is 3.15. The molecule has 0 aliphatic heterocycles. The lowest BCUT2D eigenvalue weighted by Gasteiger charge is -2.17. The van der Waals surface area contributed by atoms with Crippen molar-refractivity contribution in [2.75, 3.05) is 25.3 Å². The maximum atomic E-state index is 5.98. The molecular weight excluding hydrogens is 246 g/mol. The lowest BCUT2D eigenvalue weighted by atomic mass is 10.2. The van der Waals surface area contributed by atoms with Gasteiger partial charge >= 0.3 is 0 Å². The second kappa shape index (κ2) is 5.47. The first-order chi connectivity index (χ1) is 9.15. The molecule has 1 atom stereocenters. The number of aromatic amines is 1. The number of hydrogen-bond donors (Lipinski definition) is 3. The van der Waals surface area contributed by atoms with Crippen molar-refractivity contribution in [2.24, 2.45) is 0 Å². The predicted octanol–water partition coefficient (Wildman–Crippen LogP) is 1.58. The third-order valence-corrected chi connectivity index (χ3v) is 2.77. The molecule has 2 rings (SSSR count). The van der Waals surface area contributed by atoms with E-state index in [1.54, 1.807) is 26.4 Å². The average Bonchev–Trinajstić information content (AvgIpc) is 2.94. The van der Waals surface area contributed by atoms with Crippen LogP contribution in [0.4, 0.5) is 11.4 Å². The highest BCUT2D eigenvalue weighted by Crippen LogP contribution is 2.35. The van der Waals surface area contributed by atoms with Crippen molar-refractivity contribution in [2.45, 2.75) is 13.0 Å². The quantitative estimate of drug-likeness (QED) is 0.708. The Balaban J connectivity index is 2.25. The molecule has 1 heterocycles. The maximum Gasteiger partial charge on any atom is 0.162 e. The highest BCUT2D eigenvalue weighted by atomic mass is 16.5. The highest BCUT2D eigenvalue weighted by Gasteiger charge is 2.13. The normalized spacial score (nSPS) is 11.9. The third-order valence-electron chi connectivity index (χ3n) is 2.77. The summed E-state index contributed by atoms with van der Waals surface area (Å²) in [5, 5.41) is 9.87. The Kier molecular flexibility index (Phi) is 3.74. The lowest BCUT2D eigenvalue weighted by molar-refractivity contribution is 0.355. The van der Waals surface area contributed by atoms with Crippen LogP contribution in [0.3, 0.4) is 0 Å². The molecule has 1 aromatic carbocycles. The van der Waals surface area contributed by atoms with Gasteiger partial charge < -0.3 is 20.5 Å².